The third kappa shape index (κ3) is 2.80. The SMILES string of the molecule is O=C(Nc1cccc2c1CCCC2)[C@H]1CNCCO1. The number of amides is 1. The molecule has 2 aliphatic rings. The molecule has 0 spiro atoms. The number of nitrogens with one attached hydrogen (secondary N) is 2. The number of rotatable bonds is 2. The van der Waals surface area contributed by atoms with Crippen molar-refractivity contribution >= 4 is 11.6 Å². The topological polar surface area (TPSA) is 50.4 Å². The van der Waals surface area contributed by atoms with E-state index in [1.54, 1.807) is 0 Å². The molecule has 0 bridgehead atoms. The molecular weight excluding hydrogens is 240 g/mol. The predicted molar refractivity (Wildman–Crippen MR) is 74.3 cm³/mol. The number of hydrogen-bond acceptors (Lipinski definition) is 3. The molecular formula is C15H20N2O2. The summed E-state index contributed by atoms with van der Waals surface area (Å²) in [5.41, 5.74) is 3.66. The Kier molecular flexibility index (Phi) is 3.80. The Bertz CT molecular complexity index is 467. The molecule has 1 heterocycles. The lowest BCUT2D eigenvalue weighted by atomic mass is 9.90. The Morgan fingerprint density at radius 2 is 2.21 bits per heavy atom. The van der Waals surface area contributed by atoms with Crippen molar-refractivity contribution in [1.29, 1.82) is 0 Å². The van der Waals surface area contributed by atoms with Gasteiger partial charge in [0.05, 0.1) is 6.61 Å². The number of hydrogen-bond donors (Lipinski definition) is 2. The molecule has 1 aliphatic carbocycles. The highest BCUT2D eigenvalue weighted by atomic mass is 16.5. The molecule has 0 aromatic heterocycles. The minimum absolute atomic E-state index is 0.0360. The van der Waals surface area contributed by atoms with E-state index in [-0.39, 0.29) is 12.0 Å². The Labute approximate surface area is 113 Å². The maximum absolute atomic E-state index is 12.2. The summed E-state index contributed by atoms with van der Waals surface area (Å²) < 4.78 is 5.48. The van der Waals surface area contributed by atoms with Crippen LogP contribution in [-0.4, -0.2) is 31.7 Å². The zero-order chi connectivity index (χ0) is 13.1. The van der Waals surface area contributed by atoms with Gasteiger partial charge in [-0.3, -0.25) is 4.79 Å². The van der Waals surface area contributed by atoms with Crippen LogP contribution in [0.25, 0.3) is 0 Å². The maximum Gasteiger partial charge on any atom is 0.254 e. The molecule has 1 aromatic rings. The quantitative estimate of drug-likeness (QED) is 0.847. The van der Waals surface area contributed by atoms with Gasteiger partial charge in [-0.2, -0.15) is 0 Å². The first kappa shape index (κ1) is 12.6. The average Bonchev–Trinajstić information content (AvgIpc) is 2.48. The highest BCUT2D eigenvalue weighted by molar-refractivity contribution is 5.95. The number of benzene rings is 1. The van der Waals surface area contributed by atoms with Gasteiger partial charge in [-0.05, 0) is 42.9 Å². The van der Waals surface area contributed by atoms with E-state index < -0.39 is 0 Å². The van der Waals surface area contributed by atoms with Crippen molar-refractivity contribution in [2.24, 2.45) is 0 Å². The van der Waals surface area contributed by atoms with Crippen molar-refractivity contribution in [3.05, 3.63) is 29.3 Å². The number of carbonyl (C=O) groups is 1. The highest BCUT2D eigenvalue weighted by Crippen LogP contribution is 2.27. The van der Waals surface area contributed by atoms with E-state index in [0.717, 1.165) is 25.1 Å². The van der Waals surface area contributed by atoms with Gasteiger partial charge in [0.15, 0.2) is 0 Å². The monoisotopic (exact) mass is 260 g/mol. The molecule has 1 aliphatic heterocycles. The second-order valence-corrected chi connectivity index (χ2v) is 5.20. The molecule has 0 unspecified atom stereocenters. The first-order valence-corrected chi connectivity index (χ1v) is 7.08. The van der Waals surface area contributed by atoms with Gasteiger partial charge in [-0.15, -0.1) is 0 Å². The highest BCUT2D eigenvalue weighted by Gasteiger charge is 2.23. The Morgan fingerprint density at radius 3 is 3.05 bits per heavy atom. The standard InChI is InChI=1S/C15H20N2O2/c18-15(14-10-16-8-9-19-14)17-13-7-3-5-11-4-1-2-6-12(11)13/h3,5,7,14,16H,1-2,4,6,8-10H2,(H,17,18)/t14-/m1/s1. The van der Waals surface area contributed by atoms with E-state index in [4.69, 9.17) is 4.74 Å². The van der Waals surface area contributed by atoms with Crippen LogP contribution in [0.3, 0.4) is 0 Å². The number of carbonyl (C=O) groups excluding carboxylic acids is 1. The zero-order valence-electron chi connectivity index (χ0n) is 11.1. The van der Waals surface area contributed by atoms with Gasteiger partial charge in [0.2, 0.25) is 0 Å². The van der Waals surface area contributed by atoms with Crippen LogP contribution in [-0.2, 0) is 22.4 Å². The summed E-state index contributed by atoms with van der Waals surface area (Å²) >= 11 is 0. The molecule has 102 valence electrons. The van der Waals surface area contributed by atoms with Crippen LogP contribution < -0.4 is 10.6 Å². The van der Waals surface area contributed by atoms with Crippen LogP contribution in [0.1, 0.15) is 24.0 Å². The number of aryl methyl sites for hydroxylation is 1. The van der Waals surface area contributed by atoms with Gasteiger partial charge in [0.1, 0.15) is 6.10 Å². The predicted octanol–water partition coefficient (Wildman–Crippen LogP) is 1.49. The van der Waals surface area contributed by atoms with E-state index in [9.17, 15) is 4.79 Å². The lowest BCUT2D eigenvalue weighted by Gasteiger charge is -2.24. The lowest BCUT2D eigenvalue weighted by molar-refractivity contribution is -0.128. The van der Waals surface area contributed by atoms with E-state index >= 15 is 0 Å². The van der Waals surface area contributed by atoms with Crippen LogP contribution in [0.5, 0.6) is 0 Å². The summed E-state index contributed by atoms with van der Waals surface area (Å²) in [5, 5.41) is 6.21. The molecule has 1 atom stereocenters. The van der Waals surface area contributed by atoms with E-state index in [1.807, 2.05) is 12.1 Å². The minimum atomic E-state index is -0.367. The van der Waals surface area contributed by atoms with Gasteiger partial charge in [0, 0.05) is 18.8 Å². The van der Waals surface area contributed by atoms with Crippen LogP contribution in [0.4, 0.5) is 5.69 Å². The fourth-order valence-corrected chi connectivity index (χ4v) is 2.85. The fraction of sp³-hybridized carbons (Fsp3) is 0.533. The number of ether oxygens (including phenoxy) is 1. The Balaban J connectivity index is 1.74. The first-order valence-electron chi connectivity index (χ1n) is 7.08. The second kappa shape index (κ2) is 5.72. The molecule has 19 heavy (non-hydrogen) atoms. The maximum atomic E-state index is 12.2. The summed E-state index contributed by atoms with van der Waals surface area (Å²) in [6, 6.07) is 6.20. The van der Waals surface area contributed by atoms with E-state index in [1.165, 1.54) is 24.0 Å². The molecule has 1 aromatic carbocycles. The molecule has 2 N–H and O–H groups in total. The van der Waals surface area contributed by atoms with Crippen LogP contribution in [0, 0.1) is 0 Å². The number of morpholine rings is 1. The number of anilines is 1. The molecule has 0 radical (unpaired) electrons. The average molecular weight is 260 g/mol. The van der Waals surface area contributed by atoms with Gasteiger partial charge in [0.25, 0.3) is 5.91 Å². The van der Waals surface area contributed by atoms with Crippen molar-refractivity contribution in [2.45, 2.75) is 31.8 Å². The van der Waals surface area contributed by atoms with Gasteiger partial charge >= 0.3 is 0 Å². The summed E-state index contributed by atoms with van der Waals surface area (Å²) in [6.45, 7) is 2.02. The summed E-state index contributed by atoms with van der Waals surface area (Å²) in [6.07, 6.45) is 4.28. The van der Waals surface area contributed by atoms with Crippen LogP contribution in [0.15, 0.2) is 18.2 Å². The third-order valence-corrected chi connectivity index (χ3v) is 3.87. The molecule has 1 fully saturated rings. The smallest absolute Gasteiger partial charge is 0.254 e. The Morgan fingerprint density at radius 1 is 1.32 bits per heavy atom. The zero-order valence-corrected chi connectivity index (χ0v) is 11.1. The molecule has 4 nitrogen and oxygen atoms in total. The first-order chi connectivity index (χ1) is 9.34. The fourth-order valence-electron chi connectivity index (χ4n) is 2.85. The largest absolute Gasteiger partial charge is 0.366 e. The van der Waals surface area contributed by atoms with Crippen molar-refractivity contribution in [1.82, 2.24) is 5.32 Å². The second-order valence-electron chi connectivity index (χ2n) is 5.20. The summed E-state index contributed by atoms with van der Waals surface area (Å²) in [5.74, 6) is -0.0360. The molecule has 1 saturated heterocycles. The van der Waals surface area contributed by atoms with Gasteiger partial charge in [-0.1, -0.05) is 12.1 Å². The number of fused-ring (bicyclic) bond motifs is 1. The van der Waals surface area contributed by atoms with Crippen molar-refractivity contribution < 1.29 is 9.53 Å². The third-order valence-electron chi connectivity index (χ3n) is 3.87. The lowest BCUT2D eigenvalue weighted by Crippen LogP contribution is -2.45. The Hall–Kier alpha value is -1.39. The van der Waals surface area contributed by atoms with Gasteiger partial charge < -0.3 is 15.4 Å². The van der Waals surface area contributed by atoms with E-state index in [2.05, 4.69) is 16.7 Å². The summed E-state index contributed by atoms with van der Waals surface area (Å²) in [7, 11) is 0. The van der Waals surface area contributed by atoms with Crippen molar-refractivity contribution in [2.75, 3.05) is 25.0 Å². The van der Waals surface area contributed by atoms with Crippen molar-refractivity contribution in [3.63, 3.8) is 0 Å². The molecule has 3 rings (SSSR count). The summed E-state index contributed by atoms with van der Waals surface area (Å²) in [4.78, 5) is 12.2. The van der Waals surface area contributed by atoms with Crippen LogP contribution >= 0.6 is 0 Å². The minimum Gasteiger partial charge on any atom is -0.366 e. The van der Waals surface area contributed by atoms with Crippen LogP contribution in [0.2, 0.25) is 0 Å². The van der Waals surface area contributed by atoms with Gasteiger partial charge in [-0.25, -0.2) is 0 Å². The molecule has 4 heteroatoms. The molecule has 0 saturated carbocycles. The molecule has 1 amide bonds. The van der Waals surface area contributed by atoms with E-state index in [0.29, 0.717) is 13.2 Å². The van der Waals surface area contributed by atoms with Crippen molar-refractivity contribution in [3.8, 4) is 0 Å². The normalized spacial score (nSPS) is 22.6.